The molecule has 0 saturated heterocycles. The van der Waals surface area contributed by atoms with Crippen LogP contribution in [0.1, 0.15) is 27.4 Å². The minimum atomic E-state index is -0.391. The summed E-state index contributed by atoms with van der Waals surface area (Å²) in [4.78, 5) is 22.7. The number of nitrogen functional groups attached to an aromatic ring is 1. The normalized spacial score (nSPS) is 15.0. The number of furan rings is 1. The summed E-state index contributed by atoms with van der Waals surface area (Å²) in [5.41, 5.74) is 7.64. The van der Waals surface area contributed by atoms with Gasteiger partial charge in [-0.1, -0.05) is 18.2 Å². The number of aromatic nitrogens is 2. The molecule has 1 aromatic carbocycles. The third kappa shape index (κ3) is 2.45. The Labute approximate surface area is 148 Å². The van der Waals surface area contributed by atoms with Gasteiger partial charge in [0.25, 0.3) is 5.91 Å². The van der Waals surface area contributed by atoms with Crippen molar-refractivity contribution in [1.29, 1.82) is 0 Å². The van der Waals surface area contributed by atoms with Crippen LogP contribution in [-0.4, -0.2) is 27.8 Å². The molecule has 1 aliphatic heterocycles. The van der Waals surface area contributed by atoms with Crippen LogP contribution in [0, 0.1) is 12.7 Å². The highest BCUT2D eigenvalue weighted by molar-refractivity contribution is 6.14. The number of aryl methyl sites for hydroxylation is 1. The fourth-order valence-corrected chi connectivity index (χ4v) is 2.95. The van der Waals surface area contributed by atoms with Crippen molar-refractivity contribution < 1.29 is 13.6 Å². The second kappa shape index (κ2) is 5.80. The SMILES string of the molecule is Cc1ccc(-c2nc(N)nc3c2C(=O)N(C)/C3=C\c2ccccc2F)o1. The van der Waals surface area contributed by atoms with Crippen molar-refractivity contribution in [3.8, 4) is 11.5 Å². The Hall–Kier alpha value is -3.48. The molecule has 4 rings (SSSR count). The molecule has 0 bridgehead atoms. The summed E-state index contributed by atoms with van der Waals surface area (Å²) in [5.74, 6) is 0.439. The van der Waals surface area contributed by atoms with E-state index in [1.165, 1.54) is 11.0 Å². The maximum Gasteiger partial charge on any atom is 0.262 e. The van der Waals surface area contributed by atoms with E-state index in [0.717, 1.165) is 0 Å². The zero-order valence-corrected chi connectivity index (χ0v) is 14.2. The number of carbonyl (C=O) groups excluding carboxylic acids is 1. The molecule has 1 aliphatic rings. The zero-order valence-electron chi connectivity index (χ0n) is 14.2. The van der Waals surface area contributed by atoms with Gasteiger partial charge >= 0.3 is 0 Å². The van der Waals surface area contributed by atoms with Crippen LogP contribution in [0.5, 0.6) is 0 Å². The monoisotopic (exact) mass is 350 g/mol. The number of benzene rings is 1. The molecule has 26 heavy (non-hydrogen) atoms. The first-order valence-corrected chi connectivity index (χ1v) is 7.94. The van der Waals surface area contributed by atoms with Crippen molar-refractivity contribution in [2.45, 2.75) is 6.92 Å². The fourth-order valence-electron chi connectivity index (χ4n) is 2.95. The summed E-state index contributed by atoms with van der Waals surface area (Å²) >= 11 is 0. The molecule has 0 radical (unpaired) electrons. The van der Waals surface area contributed by atoms with E-state index in [0.29, 0.717) is 39.7 Å². The van der Waals surface area contributed by atoms with Gasteiger partial charge in [-0.3, -0.25) is 4.79 Å². The largest absolute Gasteiger partial charge is 0.460 e. The van der Waals surface area contributed by atoms with Crippen LogP contribution in [0.3, 0.4) is 0 Å². The van der Waals surface area contributed by atoms with Crippen LogP contribution in [0.2, 0.25) is 0 Å². The van der Waals surface area contributed by atoms with E-state index >= 15 is 0 Å². The number of hydrogen-bond acceptors (Lipinski definition) is 5. The lowest BCUT2D eigenvalue weighted by Gasteiger charge is -2.10. The van der Waals surface area contributed by atoms with E-state index in [-0.39, 0.29) is 11.9 Å². The molecule has 0 unspecified atom stereocenters. The van der Waals surface area contributed by atoms with Crippen molar-refractivity contribution in [3.63, 3.8) is 0 Å². The van der Waals surface area contributed by atoms with Crippen LogP contribution in [-0.2, 0) is 0 Å². The molecule has 130 valence electrons. The summed E-state index contributed by atoms with van der Waals surface area (Å²) in [6.45, 7) is 1.80. The van der Waals surface area contributed by atoms with Gasteiger partial charge in [-0.15, -0.1) is 0 Å². The highest BCUT2D eigenvalue weighted by Gasteiger charge is 2.36. The summed E-state index contributed by atoms with van der Waals surface area (Å²) in [5, 5.41) is 0. The molecule has 6 nitrogen and oxygen atoms in total. The van der Waals surface area contributed by atoms with Crippen molar-refractivity contribution >= 4 is 23.6 Å². The molecule has 1 amide bonds. The van der Waals surface area contributed by atoms with E-state index in [4.69, 9.17) is 10.2 Å². The number of carbonyl (C=O) groups is 1. The number of fused-ring (bicyclic) bond motifs is 1. The topological polar surface area (TPSA) is 85.2 Å². The Bertz CT molecular complexity index is 1070. The van der Waals surface area contributed by atoms with Gasteiger partial charge < -0.3 is 15.1 Å². The molecular weight excluding hydrogens is 335 g/mol. The highest BCUT2D eigenvalue weighted by Crippen LogP contribution is 2.37. The predicted octanol–water partition coefficient (Wildman–Crippen LogP) is 3.35. The second-order valence-corrected chi connectivity index (χ2v) is 5.98. The number of hydrogen-bond donors (Lipinski definition) is 1. The molecule has 0 fully saturated rings. The standard InChI is InChI=1S/C19H15FN4O2/c1-10-7-8-14(26-10)17-15-16(22-19(21)23-17)13(24(2)18(15)25)9-11-5-3-4-6-12(11)20/h3-9H,1-2H3,(H2,21,22,23)/b13-9-. The summed E-state index contributed by atoms with van der Waals surface area (Å²) in [6.07, 6.45) is 1.57. The molecule has 0 aliphatic carbocycles. The number of amides is 1. The molecule has 0 spiro atoms. The van der Waals surface area contributed by atoms with Crippen LogP contribution < -0.4 is 5.73 Å². The Kier molecular flexibility index (Phi) is 3.57. The lowest BCUT2D eigenvalue weighted by molar-refractivity contribution is 0.0875. The minimum absolute atomic E-state index is 0.00957. The number of nitrogens with zero attached hydrogens (tertiary/aromatic N) is 3. The Morgan fingerprint density at radius 1 is 1.15 bits per heavy atom. The number of nitrogens with two attached hydrogens (primary N) is 1. The van der Waals surface area contributed by atoms with Crippen LogP contribution in [0.4, 0.5) is 10.3 Å². The van der Waals surface area contributed by atoms with Gasteiger partial charge in [0.1, 0.15) is 23.0 Å². The van der Waals surface area contributed by atoms with Crippen LogP contribution >= 0.6 is 0 Å². The Morgan fingerprint density at radius 3 is 2.58 bits per heavy atom. The quantitative estimate of drug-likeness (QED) is 0.766. The first-order chi connectivity index (χ1) is 12.5. The van der Waals surface area contributed by atoms with Crippen LogP contribution in [0.25, 0.3) is 23.2 Å². The molecule has 3 heterocycles. The maximum atomic E-state index is 14.0. The van der Waals surface area contributed by atoms with Crippen molar-refractivity contribution in [1.82, 2.24) is 14.9 Å². The van der Waals surface area contributed by atoms with Gasteiger partial charge in [0, 0.05) is 12.6 Å². The minimum Gasteiger partial charge on any atom is -0.460 e. The lowest BCUT2D eigenvalue weighted by Crippen LogP contribution is -2.17. The molecule has 0 saturated carbocycles. The van der Waals surface area contributed by atoms with E-state index < -0.39 is 5.82 Å². The van der Waals surface area contributed by atoms with Gasteiger partial charge in [-0.25, -0.2) is 14.4 Å². The van der Waals surface area contributed by atoms with E-state index in [1.54, 1.807) is 50.4 Å². The van der Waals surface area contributed by atoms with Crippen molar-refractivity contribution in [3.05, 3.63) is 64.8 Å². The van der Waals surface area contributed by atoms with Crippen LogP contribution in [0.15, 0.2) is 40.8 Å². The van der Waals surface area contributed by atoms with Gasteiger partial charge in [0.05, 0.1) is 11.3 Å². The van der Waals surface area contributed by atoms with Crippen molar-refractivity contribution in [2.24, 2.45) is 0 Å². The molecule has 0 atom stereocenters. The third-order valence-electron chi connectivity index (χ3n) is 4.22. The van der Waals surface area contributed by atoms with Gasteiger partial charge in [-0.2, -0.15) is 0 Å². The zero-order chi connectivity index (χ0) is 18.4. The average Bonchev–Trinajstić information content (AvgIpc) is 3.14. The smallest absolute Gasteiger partial charge is 0.262 e. The first kappa shape index (κ1) is 16.0. The average molecular weight is 350 g/mol. The molecular formula is C19H15FN4O2. The second-order valence-electron chi connectivity index (χ2n) is 5.98. The molecule has 3 aromatic rings. The van der Waals surface area contributed by atoms with Crippen molar-refractivity contribution in [2.75, 3.05) is 12.8 Å². The van der Waals surface area contributed by atoms with E-state index in [9.17, 15) is 9.18 Å². The van der Waals surface area contributed by atoms with Gasteiger partial charge in [0.2, 0.25) is 5.95 Å². The first-order valence-electron chi connectivity index (χ1n) is 7.94. The highest BCUT2D eigenvalue weighted by atomic mass is 19.1. The number of halogens is 1. The molecule has 7 heteroatoms. The predicted molar refractivity (Wildman–Crippen MR) is 95.2 cm³/mol. The summed E-state index contributed by atoms with van der Waals surface area (Å²) in [7, 11) is 1.60. The van der Waals surface area contributed by atoms with Gasteiger partial charge in [0.15, 0.2) is 5.76 Å². The fraction of sp³-hybridized carbons (Fsp3) is 0.105. The van der Waals surface area contributed by atoms with E-state index in [2.05, 4.69) is 9.97 Å². The lowest BCUT2D eigenvalue weighted by atomic mass is 10.1. The third-order valence-corrected chi connectivity index (χ3v) is 4.22. The Balaban J connectivity index is 1.95. The molecule has 2 aromatic heterocycles. The molecule has 2 N–H and O–H groups in total. The van der Waals surface area contributed by atoms with E-state index in [1.807, 2.05) is 0 Å². The number of rotatable bonds is 2. The number of anilines is 1. The summed E-state index contributed by atoms with van der Waals surface area (Å²) in [6, 6.07) is 9.81. The maximum absolute atomic E-state index is 14.0. The summed E-state index contributed by atoms with van der Waals surface area (Å²) < 4.78 is 19.7. The van der Waals surface area contributed by atoms with Gasteiger partial charge in [-0.05, 0) is 31.2 Å². The Morgan fingerprint density at radius 2 is 1.88 bits per heavy atom.